The van der Waals surface area contributed by atoms with Crippen LogP contribution in [0, 0.1) is 5.82 Å². The van der Waals surface area contributed by atoms with E-state index in [1.165, 1.54) is 38.2 Å². The van der Waals surface area contributed by atoms with Crippen molar-refractivity contribution in [3.8, 4) is 0 Å². The van der Waals surface area contributed by atoms with Gasteiger partial charge in [-0.1, -0.05) is 25.3 Å². The molecule has 3 N–H and O–H groups in total. The lowest BCUT2D eigenvalue weighted by Gasteiger charge is -2.23. The Labute approximate surface area is 155 Å². The molecule has 4 nitrogen and oxygen atoms in total. The highest BCUT2D eigenvalue weighted by molar-refractivity contribution is 14.0. The van der Waals surface area contributed by atoms with Gasteiger partial charge in [0.1, 0.15) is 5.82 Å². The third-order valence-corrected chi connectivity index (χ3v) is 3.99. The minimum Gasteiger partial charge on any atom is -0.370 e. The maximum atomic E-state index is 13.7. The van der Waals surface area contributed by atoms with Gasteiger partial charge in [-0.2, -0.15) is 0 Å². The van der Waals surface area contributed by atoms with Gasteiger partial charge < -0.3 is 16.0 Å². The van der Waals surface area contributed by atoms with Crippen molar-refractivity contribution >= 4 is 29.9 Å². The summed E-state index contributed by atoms with van der Waals surface area (Å²) in [7, 11) is 3.85. The second kappa shape index (κ2) is 10.1. The average molecular weight is 434 g/mol. The first kappa shape index (κ1) is 20.2. The zero-order valence-electron chi connectivity index (χ0n) is 14.0. The van der Waals surface area contributed by atoms with Crippen LogP contribution in [-0.2, 0) is 13.1 Å². The summed E-state index contributed by atoms with van der Waals surface area (Å²) in [5, 5.41) is 3.29. The SMILES string of the molecule is CN(C)Cc1cc(CN=C(N)NC2CCCCC2)ccc1F.I. The molecular formula is C17H28FIN4. The Hall–Kier alpha value is -0.890. The predicted octanol–water partition coefficient (Wildman–Crippen LogP) is 3.24. The van der Waals surface area contributed by atoms with Gasteiger partial charge in [0.15, 0.2) is 5.96 Å². The minimum absolute atomic E-state index is 0. The van der Waals surface area contributed by atoms with Gasteiger partial charge in [0, 0.05) is 18.2 Å². The number of hydrogen-bond donors (Lipinski definition) is 2. The van der Waals surface area contributed by atoms with E-state index in [1.54, 1.807) is 6.07 Å². The Kier molecular flexibility index (Phi) is 8.83. The summed E-state index contributed by atoms with van der Waals surface area (Å²) in [4.78, 5) is 6.33. The molecule has 0 spiro atoms. The average Bonchev–Trinajstić information content (AvgIpc) is 2.48. The number of guanidine groups is 1. The van der Waals surface area contributed by atoms with Gasteiger partial charge in [-0.25, -0.2) is 9.38 Å². The molecule has 0 atom stereocenters. The number of aliphatic imine (C=N–C) groups is 1. The molecule has 130 valence electrons. The lowest BCUT2D eigenvalue weighted by Crippen LogP contribution is -2.41. The molecule has 23 heavy (non-hydrogen) atoms. The first-order chi connectivity index (χ1) is 10.5. The van der Waals surface area contributed by atoms with Crippen molar-refractivity contribution in [3.05, 3.63) is 35.1 Å². The zero-order chi connectivity index (χ0) is 15.9. The summed E-state index contributed by atoms with van der Waals surface area (Å²) in [5.41, 5.74) is 7.63. The van der Waals surface area contributed by atoms with E-state index in [0.717, 1.165) is 5.56 Å². The third kappa shape index (κ3) is 7.03. The standard InChI is InChI=1S/C17H27FN4.HI/c1-22(2)12-14-10-13(8-9-16(14)18)11-20-17(19)21-15-6-4-3-5-7-15;/h8-10,15H,3-7,11-12H2,1-2H3,(H3,19,20,21);1H. The molecule has 1 aliphatic rings. The van der Waals surface area contributed by atoms with Crippen LogP contribution in [0.15, 0.2) is 23.2 Å². The van der Waals surface area contributed by atoms with Crippen LogP contribution in [0.3, 0.4) is 0 Å². The smallest absolute Gasteiger partial charge is 0.189 e. The number of hydrogen-bond acceptors (Lipinski definition) is 2. The van der Waals surface area contributed by atoms with Crippen molar-refractivity contribution in [1.29, 1.82) is 0 Å². The minimum atomic E-state index is -0.172. The van der Waals surface area contributed by atoms with E-state index in [2.05, 4.69) is 10.3 Å². The second-order valence-electron chi connectivity index (χ2n) is 6.34. The number of nitrogens with two attached hydrogens (primary N) is 1. The quantitative estimate of drug-likeness (QED) is 0.425. The van der Waals surface area contributed by atoms with Crippen LogP contribution in [0.5, 0.6) is 0 Å². The molecule has 0 saturated heterocycles. The molecule has 1 aromatic rings. The van der Waals surface area contributed by atoms with Crippen LogP contribution in [0.4, 0.5) is 4.39 Å². The maximum Gasteiger partial charge on any atom is 0.189 e. The lowest BCUT2D eigenvalue weighted by molar-refractivity contribution is 0.392. The number of nitrogens with zero attached hydrogens (tertiary/aromatic N) is 2. The van der Waals surface area contributed by atoms with Gasteiger partial charge in [-0.3, -0.25) is 0 Å². The largest absolute Gasteiger partial charge is 0.370 e. The normalized spacial score (nSPS) is 16.3. The van der Waals surface area contributed by atoms with Crippen molar-refractivity contribution in [3.63, 3.8) is 0 Å². The fourth-order valence-electron chi connectivity index (χ4n) is 2.87. The first-order valence-corrected chi connectivity index (χ1v) is 8.03. The first-order valence-electron chi connectivity index (χ1n) is 8.03. The van der Waals surface area contributed by atoms with E-state index in [0.29, 0.717) is 30.7 Å². The van der Waals surface area contributed by atoms with E-state index in [-0.39, 0.29) is 29.8 Å². The van der Waals surface area contributed by atoms with Gasteiger partial charge in [0.2, 0.25) is 0 Å². The summed E-state index contributed by atoms with van der Waals surface area (Å²) >= 11 is 0. The van der Waals surface area contributed by atoms with Gasteiger partial charge in [-0.15, -0.1) is 24.0 Å². The Bertz CT molecular complexity index is 513. The molecule has 1 fully saturated rings. The Morgan fingerprint density at radius 2 is 2.00 bits per heavy atom. The summed E-state index contributed by atoms with van der Waals surface area (Å²) in [6, 6.07) is 5.60. The molecule has 0 heterocycles. The number of rotatable bonds is 5. The Morgan fingerprint density at radius 1 is 1.30 bits per heavy atom. The van der Waals surface area contributed by atoms with Crippen molar-refractivity contribution < 1.29 is 4.39 Å². The van der Waals surface area contributed by atoms with E-state index < -0.39 is 0 Å². The molecule has 0 bridgehead atoms. The number of nitrogens with one attached hydrogen (secondary N) is 1. The lowest BCUT2D eigenvalue weighted by atomic mass is 9.96. The molecule has 0 unspecified atom stereocenters. The van der Waals surface area contributed by atoms with Crippen LogP contribution in [0.25, 0.3) is 0 Å². The molecule has 6 heteroatoms. The fraction of sp³-hybridized carbons (Fsp3) is 0.588. The van der Waals surface area contributed by atoms with Crippen molar-refractivity contribution in [2.24, 2.45) is 10.7 Å². The van der Waals surface area contributed by atoms with Crippen LogP contribution >= 0.6 is 24.0 Å². The Morgan fingerprint density at radius 3 is 2.65 bits per heavy atom. The van der Waals surface area contributed by atoms with Gasteiger partial charge in [0.05, 0.1) is 6.54 Å². The van der Waals surface area contributed by atoms with Gasteiger partial charge in [0.25, 0.3) is 0 Å². The van der Waals surface area contributed by atoms with E-state index in [9.17, 15) is 4.39 Å². The molecular weight excluding hydrogens is 406 g/mol. The molecule has 0 aliphatic heterocycles. The monoisotopic (exact) mass is 434 g/mol. The number of halogens is 2. The van der Waals surface area contributed by atoms with Crippen molar-refractivity contribution in [2.45, 2.75) is 51.2 Å². The number of benzene rings is 1. The molecule has 1 saturated carbocycles. The van der Waals surface area contributed by atoms with E-state index in [4.69, 9.17) is 5.73 Å². The molecule has 1 aliphatic carbocycles. The van der Waals surface area contributed by atoms with Gasteiger partial charge >= 0.3 is 0 Å². The molecule has 0 aromatic heterocycles. The maximum absolute atomic E-state index is 13.7. The van der Waals surface area contributed by atoms with Gasteiger partial charge in [-0.05, 0) is 44.6 Å². The van der Waals surface area contributed by atoms with Crippen LogP contribution in [0.2, 0.25) is 0 Å². The zero-order valence-corrected chi connectivity index (χ0v) is 16.3. The fourth-order valence-corrected chi connectivity index (χ4v) is 2.87. The Balaban J connectivity index is 0.00000264. The van der Waals surface area contributed by atoms with E-state index in [1.807, 2.05) is 25.1 Å². The van der Waals surface area contributed by atoms with Crippen molar-refractivity contribution in [1.82, 2.24) is 10.2 Å². The molecule has 1 aromatic carbocycles. The highest BCUT2D eigenvalue weighted by atomic mass is 127. The van der Waals surface area contributed by atoms with Crippen molar-refractivity contribution in [2.75, 3.05) is 14.1 Å². The van der Waals surface area contributed by atoms with Crippen LogP contribution in [0.1, 0.15) is 43.2 Å². The van der Waals surface area contributed by atoms with Crippen LogP contribution in [-0.4, -0.2) is 31.0 Å². The summed E-state index contributed by atoms with van der Waals surface area (Å²) in [6.45, 7) is 1.06. The summed E-state index contributed by atoms with van der Waals surface area (Å²) < 4.78 is 13.7. The highest BCUT2D eigenvalue weighted by Crippen LogP contribution is 2.17. The molecule has 0 amide bonds. The molecule has 0 radical (unpaired) electrons. The highest BCUT2D eigenvalue weighted by Gasteiger charge is 2.13. The second-order valence-corrected chi connectivity index (χ2v) is 6.34. The third-order valence-electron chi connectivity index (χ3n) is 3.99. The predicted molar refractivity (Wildman–Crippen MR) is 105 cm³/mol. The molecule has 2 rings (SSSR count). The van der Waals surface area contributed by atoms with E-state index >= 15 is 0 Å². The van der Waals surface area contributed by atoms with Crippen LogP contribution < -0.4 is 11.1 Å². The summed E-state index contributed by atoms with van der Waals surface area (Å²) in [6.07, 6.45) is 6.17. The topological polar surface area (TPSA) is 53.6 Å². The summed E-state index contributed by atoms with van der Waals surface area (Å²) in [5.74, 6) is 0.320.